The summed E-state index contributed by atoms with van der Waals surface area (Å²) >= 11 is 0. The SMILES string of the molecule is CC1CCCC(O)(CNC(=O)Cn2cc([N+](=O)[O-])cn2)C1. The van der Waals surface area contributed by atoms with Crippen LogP contribution < -0.4 is 5.32 Å². The van der Waals surface area contributed by atoms with Gasteiger partial charge in [0.2, 0.25) is 5.91 Å². The summed E-state index contributed by atoms with van der Waals surface area (Å²) in [6.07, 6.45) is 5.73. The molecule has 1 fully saturated rings. The molecule has 116 valence electrons. The Hall–Kier alpha value is -1.96. The van der Waals surface area contributed by atoms with Crippen LogP contribution in [-0.4, -0.2) is 37.9 Å². The Bertz CT molecular complexity index is 530. The average Bonchev–Trinajstić information content (AvgIpc) is 2.85. The zero-order valence-corrected chi connectivity index (χ0v) is 12.0. The van der Waals surface area contributed by atoms with Gasteiger partial charge in [-0.3, -0.25) is 19.6 Å². The van der Waals surface area contributed by atoms with Gasteiger partial charge in [-0.1, -0.05) is 19.8 Å². The lowest BCUT2D eigenvalue weighted by atomic mass is 9.79. The zero-order chi connectivity index (χ0) is 15.5. The monoisotopic (exact) mass is 296 g/mol. The number of amides is 1. The highest BCUT2D eigenvalue weighted by atomic mass is 16.6. The third-order valence-corrected chi connectivity index (χ3v) is 3.82. The minimum atomic E-state index is -0.844. The topological polar surface area (TPSA) is 110 Å². The second kappa shape index (κ2) is 6.21. The number of rotatable bonds is 5. The van der Waals surface area contributed by atoms with E-state index < -0.39 is 10.5 Å². The van der Waals surface area contributed by atoms with Crippen LogP contribution in [0.25, 0.3) is 0 Å². The van der Waals surface area contributed by atoms with Gasteiger partial charge in [0.05, 0.1) is 10.5 Å². The Morgan fingerprint density at radius 3 is 3.10 bits per heavy atom. The number of carbonyl (C=O) groups excluding carboxylic acids is 1. The highest BCUT2D eigenvalue weighted by Gasteiger charge is 2.32. The molecule has 0 bridgehead atoms. The van der Waals surface area contributed by atoms with Crippen molar-refractivity contribution in [3.8, 4) is 0 Å². The van der Waals surface area contributed by atoms with Crippen LogP contribution in [0.4, 0.5) is 5.69 Å². The number of hydrogen-bond acceptors (Lipinski definition) is 5. The van der Waals surface area contributed by atoms with Gasteiger partial charge in [0.15, 0.2) is 0 Å². The summed E-state index contributed by atoms with van der Waals surface area (Å²) in [5.74, 6) is 0.133. The Balaban J connectivity index is 1.82. The fourth-order valence-electron chi connectivity index (χ4n) is 2.79. The van der Waals surface area contributed by atoms with Crippen LogP contribution in [0.5, 0.6) is 0 Å². The number of carbonyl (C=O) groups is 1. The maximum Gasteiger partial charge on any atom is 0.307 e. The fourth-order valence-corrected chi connectivity index (χ4v) is 2.79. The molecule has 8 heteroatoms. The van der Waals surface area contributed by atoms with Gasteiger partial charge in [-0.15, -0.1) is 0 Å². The highest BCUT2D eigenvalue weighted by Crippen LogP contribution is 2.31. The van der Waals surface area contributed by atoms with E-state index >= 15 is 0 Å². The molecule has 0 spiro atoms. The molecule has 2 atom stereocenters. The maximum atomic E-state index is 11.8. The largest absolute Gasteiger partial charge is 0.388 e. The molecule has 1 heterocycles. The first-order valence-corrected chi connectivity index (χ1v) is 7.04. The molecule has 1 aromatic heterocycles. The van der Waals surface area contributed by atoms with E-state index in [1.54, 1.807) is 0 Å². The van der Waals surface area contributed by atoms with Crippen molar-refractivity contribution in [2.75, 3.05) is 6.54 Å². The number of hydrogen-bond donors (Lipinski definition) is 2. The van der Waals surface area contributed by atoms with E-state index in [9.17, 15) is 20.0 Å². The molecule has 0 saturated heterocycles. The van der Waals surface area contributed by atoms with Gasteiger partial charge in [0, 0.05) is 6.54 Å². The lowest BCUT2D eigenvalue weighted by Crippen LogP contribution is -2.46. The van der Waals surface area contributed by atoms with Gasteiger partial charge in [0.1, 0.15) is 18.9 Å². The van der Waals surface area contributed by atoms with Crippen LogP contribution in [0.15, 0.2) is 12.4 Å². The predicted octanol–water partition coefficient (Wildman–Crippen LogP) is 0.849. The maximum absolute atomic E-state index is 11.8. The molecule has 21 heavy (non-hydrogen) atoms. The Morgan fingerprint density at radius 1 is 1.71 bits per heavy atom. The number of nitrogens with one attached hydrogen (secondary N) is 1. The van der Waals surface area contributed by atoms with E-state index in [2.05, 4.69) is 17.3 Å². The van der Waals surface area contributed by atoms with Crippen molar-refractivity contribution in [2.24, 2.45) is 5.92 Å². The summed E-state index contributed by atoms with van der Waals surface area (Å²) in [5, 5.41) is 27.4. The summed E-state index contributed by atoms with van der Waals surface area (Å²) in [6, 6.07) is 0. The van der Waals surface area contributed by atoms with Gasteiger partial charge >= 0.3 is 5.69 Å². The van der Waals surface area contributed by atoms with Gasteiger partial charge in [-0.2, -0.15) is 5.10 Å². The number of nitro groups is 1. The summed E-state index contributed by atoms with van der Waals surface area (Å²) in [5.41, 5.74) is -0.994. The van der Waals surface area contributed by atoms with Crippen LogP contribution in [0, 0.1) is 16.0 Å². The lowest BCUT2D eigenvalue weighted by Gasteiger charge is -2.35. The molecular weight excluding hydrogens is 276 g/mol. The summed E-state index contributed by atoms with van der Waals surface area (Å²) in [4.78, 5) is 21.8. The second-order valence-corrected chi connectivity index (χ2v) is 5.86. The molecule has 1 aliphatic rings. The predicted molar refractivity (Wildman–Crippen MR) is 74.5 cm³/mol. The lowest BCUT2D eigenvalue weighted by molar-refractivity contribution is -0.385. The molecule has 2 N–H and O–H groups in total. The molecule has 1 aromatic rings. The van der Waals surface area contributed by atoms with E-state index in [1.807, 2.05) is 0 Å². The highest BCUT2D eigenvalue weighted by molar-refractivity contribution is 5.75. The van der Waals surface area contributed by atoms with Crippen molar-refractivity contribution in [1.82, 2.24) is 15.1 Å². The third kappa shape index (κ3) is 4.25. The standard InChI is InChI=1S/C13H20N4O4/c1-10-3-2-4-13(19,5-10)9-14-12(18)8-16-7-11(6-15-16)17(20)21/h6-7,10,19H,2-5,8-9H2,1H3,(H,14,18). The van der Waals surface area contributed by atoms with Crippen LogP contribution in [0.1, 0.15) is 32.6 Å². The van der Waals surface area contributed by atoms with E-state index in [1.165, 1.54) is 10.9 Å². The summed E-state index contributed by atoms with van der Waals surface area (Å²) in [6.45, 7) is 2.20. The normalized spacial score (nSPS) is 25.5. The number of aliphatic hydroxyl groups is 1. The van der Waals surface area contributed by atoms with Crippen LogP contribution in [0.3, 0.4) is 0 Å². The van der Waals surface area contributed by atoms with Gasteiger partial charge in [-0.05, 0) is 18.8 Å². The summed E-state index contributed by atoms with van der Waals surface area (Å²) in [7, 11) is 0. The molecule has 2 unspecified atom stereocenters. The Morgan fingerprint density at radius 2 is 2.48 bits per heavy atom. The van der Waals surface area contributed by atoms with Crippen molar-refractivity contribution in [1.29, 1.82) is 0 Å². The fraction of sp³-hybridized carbons (Fsp3) is 0.692. The smallest absolute Gasteiger partial charge is 0.307 e. The first-order chi connectivity index (χ1) is 9.88. The van der Waals surface area contributed by atoms with Gasteiger partial charge in [-0.25, -0.2) is 0 Å². The minimum Gasteiger partial charge on any atom is -0.388 e. The van der Waals surface area contributed by atoms with Crippen LogP contribution in [-0.2, 0) is 11.3 Å². The van der Waals surface area contributed by atoms with Crippen LogP contribution >= 0.6 is 0 Å². The van der Waals surface area contributed by atoms with Crippen molar-refractivity contribution >= 4 is 11.6 Å². The number of nitrogens with zero attached hydrogens (tertiary/aromatic N) is 3. The first kappa shape index (κ1) is 15.4. The molecule has 8 nitrogen and oxygen atoms in total. The summed E-state index contributed by atoms with van der Waals surface area (Å²) < 4.78 is 1.21. The molecule has 0 radical (unpaired) electrons. The first-order valence-electron chi connectivity index (χ1n) is 7.04. The molecule has 0 aliphatic heterocycles. The molecule has 1 amide bonds. The Kier molecular flexibility index (Phi) is 4.56. The van der Waals surface area contributed by atoms with Crippen molar-refractivity contribution in [2.45, 2.75) is 44.8 Å². The molecule has 2 rings (SSSR count). The quantitative estimate of drug-likeness (QED) is 0.618. The van der Waals surface area contributed by atoms with E-state index in [-0.39, 0.29) is 24.7 Å². The van der Waals surface area contributed by atoms with Crippen molar-refractivity contribution < 1.29 is 14.8 Å². The third-order valence-electron chi connectivity index (χ3n) is 3.82. The molecule has 1 saturated carbocycles. The van der Waals surface area contributed by atoms with Crippen molar-refractivity contribution in [3.05, 3.63) is 22.5 Å². The van der Waals surface area contributed by atoms with Gasteiger partial charge < -0.3 is 10.4 Å². The molecule has 0 aromatic carbocycles. The van der Waals surface area contributed by atoms with Crippen LogP contribution in [0.2, 0.25) is 0 Å². The van der Waals surface area contributed by atoms with E-state index in [0.29, 0.717) is 18.8 Å². The Labute approximate surface area is 122 Å². The second-order valence-electron chi connectivity index (χ2n) is 5.86. The van der Waals surface area contributed by atoms with Gasteiger partial charge in [0.25, 0.3) is 0 Å². The molecule has 1 aliphatic carbocycles. The van der Waals surface area contributed by atoms with E-state index in [0.717, 1.165) is 19.0 Å². The zero-order valence-electron chi connectivity index (χ0n) is 12.0. The average molecular weight is 296 g/mol. The van der Waals surface area contributed by atoms with Crippen molar-refractivity contribution in [3.63, 3.8) is 0 Å². The minimum absolute atomic E-state index is 0.0977. The molecular formula is C13H20N4O4. The van der Waals surface area contributed by atoms with E-state index in [4.69, 9.17) is 0 Å². The number of aromatic nitrogens is 2.